The first-order valence-electron chi connectivity index (χ1n) is 9.26. The third-order valence-corrected chi connectivity index (χ3v) is 4.96. The molecule has 1 saturated heterocycles. The Hall–Kier alpha value is -3.35. The summed E-state index contributed by atoms with van der Waals surface area (Å²) >= 11 is 0. The molecule has 4 rings (SSSR count). The maximum absolute atomic E-state index is 13.9. The lowest BCUT2D eigenvalue weighted by Gasteiger charge is -2.18. The van der Waals surface area contributed by atoms with E-state index in [1.807, 2.05) is 30.5 Å². The molecule has 6 nitrogen and oxygen atoms in total. The number of urea groups is 1. The summed E-state index contributed by atoms with van der Waals surface area (Å²) in [5.74, 6) is -0.663. The van der Waals surface area contributed by atoms with Crippen molar-refractivity contribution < 1.29 is 14.0 Å². The number of aromatic nitrogens is 1. The molecule has 28 heavy (non-hydrogen) atoms. The van der Waals surface area contributed by atoms with Gasteiger partial charge in [0.05, 0.1) is 5.69 Å². The highest BCUT2D eigenvalue weighted by atomic mass is 19.1. The molecular weight excluding hydrogens is 359 g/mol. The fourth-order valence-corrected chi connectivity index (χ4v) is 3.53. The summed E-state index contributed by atoms with van der Waals surface area (Å²) in [6, 6.07) is 13.8. The SMILES string of the molecule is O=C(CN1CCN(c2ccccc2F)C1=O)NCCc1c[nH]c2ccccc12. The largest absolute Gasteiger partial charge is 0.361 e. The van der Waals surface area contributed by atoms with Crippen molar-refractivity contribution in [3.05, 3.63) is 66.1 Å². The monoisotopic (exact) mass is 380 g/mol. The van der Waals surface area contributed by atoms with Gasteiger partial charge in [0, 0.05) is 36.7 Å². The second-order valence-corrected chi connectivity index (χ2v) is 6.77. The third-order valence-electron chi connectivity index (χ3n) is 4.96. The van der Waals surface area contributed by atoms with Gasteiger partial charge in [-0.25, -0.2) is 9.18 Å². The van der Waals surface area contributed by atoms with Gasteiger partial charge in [0.15, 0.2) is 0 Å². The lowest BCUT2D eigenvalue weighted by atomic mass is 10.1. The molecule has 2 N–H and O–H groups in total. The Bertz CT molecular complexity index is 1020. The van der Waals surface area contributed by atoms with Crippen LogP contribution in [0.5, 0.6) is 0 Å². The summed E-state index contributed by atoms with van der Waals surface area (Å²) in [6.07, 6.45) is 2.65. The number of para-hydroxylation sites is 2. The minimum atomic E-state index is -0.444. The van der Waals surface area contributed by atoms with Gasteiger partial charge in [0.2, 0.25) is 5.91 Å². The number of nitrogens with one attached hydrogen (secondary N) is 2. The zero-order valence-corrected chi connectivity index (χ0v) is 15.3. The number of hydrogen-bond donors (Lipinski definition) is 2. The molecule has 2 heterocycles. The van der Waals surface area contributed by atoms with E-state index in [1.165, 1.54) is 15.9 Å². The third kappa shape index (κ3) is 3.55. The van der Waals surface area contributed by atoms with Crippen LogP contribution in [0.4, 0.5) is 14.9 Å². The quantitative estimate of drug-likeness (QED) is 0.690. The summed E-state index contributed by atoms with van der Waals surface area (Å²) in [7, 11) is 0. The molecule has 7 heteroatoms. The van der Waals surface area contributed by atoms with Gasteiger partial charge >= 0.3 is 6.03 Å². The number of carbonyl (C=O) groups is 2. The number of rotatable bonds is 6. The number of hydrogen-bond acceptors (Lipinski definition) is 2. The van der Waals surface area contributed by atoms with Crippen molar-refractivity contribution in [1.29, 1.82) is 0 Å². The topological polar surface area (TPSA) is 68.4 Å². The highest BCUT2D eigenvalue weighted by molar-refractivity contribution is 5.96. The maximum atomic E-state index is 13.9. The maximum Gasteiger partial charge on any atom is 0.325 e. The first-order valence-corrected chi connectivity index (χ1v) is 9.26. The average Bonchev–Trinajstić information content (AvgIpc) is 3.27. The Labute approximate surface area is 161 Å². The highest BCUT2D eigenvalue weighted by Crippen LogP contribution is 2.23. The molecule has 0 radical (unpaired) electrons. The second-order valence-electron chi connectivity index (χ2n) is 6.77. The van der Waals surface area contributed by atoms with Gasteiger partial charge in [0.1, 0.15) is 12.4 Å². The van der Waals surface area contributed by atoms with E-state index in [-0.39, 0.29) is 24.2 Å². The Morgan fingerprint density at radius 2 is 1.89 bits per heavy atom. The first kappa shape index (κ1) is 18.0. The van der Waals surface area contributed by atoms with Crippen molar-refractivity contribution in [1.82, 2.24) is 15.2 Å². The summed E-state index contributed by atoms with van der Waals surface area (Å²) in [5, 5.41) is 4.01. The van der Waals surface area contributed by atoms with Crippen LogP contribution in [-0.2, 0) is 11.2 Å². The van der Waals surface area contributed by atoms with E-state index in [0.29, 0.717) is 26.1 Å². The van der Waals surface area contributed by atoms with Crippen LogP contribution in [0.2, 0.25) is 0 Å². The Morgan fingerprint density at radius 3 is 2.75 bits per heavy atom. The second kappa shape index (κ2) is 7.72. The number of fused-ring (bicyclic) bond motifs is 1. The normalized spacial score (nSPS) is 14.1. The van der Waals surface area contributed by atoms with Crippen LogP contribution >= 0.6 is 0 Å². The van der Waals surface area contributed by atoms with Gasteiger partial charge in [-0.2, -0.15) is 0 Å². The summed E-state index contributed by atoms with van der Waals surface area (Å²) in [4.78, 5) is 30.8. The predicted molar refractivity (Wildman–Crippen MR) is 106 cm³/mol. The molecule has 0 bridgehead atoms. The summed E-state index contributed by atoms with van der Waals surface area (Å²) < 4.78 is 13.9. The lowest BCUT2D eigenvalue weighted by molar-refractivity contribution is -0.121. The standard InChI is InChI=1S/C21H21FN4O2/c22-17-6-2-4-8-19(17)26-12-11-25(21(26)28)14-20(27)23-10-9-15-13-24-18-7-3-1-5-16(15)18/h1-8,13,24H,9-12,14H2,(H,23,27). The molecule has 0 unspecified atom stereocenters. The lowest BCUT2D eigenvalue weighted by Crippen LogP contribution is -2.40. The average molecular weight is 380 g/mol. The van der Waals surface area contributed by atoms with E-state index in [9.17, 15) is 14.0 Å². The number of nitrogens with zero attached hydrogens (tertiary/aromatic N) is 2. The number of halogens is 1. The Kier molecular flexibility index (Phi) is 4.97. The Morgan fingerprint density at radius 1 is 1.11 bits per heavy atom. The minimum absolute atomic E-state index is 0.0301. The molecule has 3 aromatic rings. The zero-order valence-electron chi connectivity index (χ0n) is 15.3. The number of benzene rings is 2. The number of carbonyl (C=O) groups excluding carboxylic acids is 2. The number of H-pyrrole nitrogens is 1. The van der Waals surface area contributed by atoms with Crippen molar-refractivity contribution in [2.75, 3.05) is 31.1 Å². The van der Waals surface area contributed by atoms with Crippen LogP contribution in [0.25, 0.3) is 10.9 Å². The van der Waals surface area contributed by atoms with Gasteiger partial charge in [-0.15, -0.1) is 0 Å². The Balaban J connectivity index is 1.29. The molecule has 0 atom stereocenters. The molecule has 2 aromatic carbocycles. The van der Waals surface area contributed by atoms with E-state index >= 15 is 0 Å². The van der Waals surface area contributed by atoms with E-state index in [4.69, 9.17) is 0 Å². The molecular formula is C21H21FN4O2. The van der Waals surface area contributed by atoms with Gasteiger partial charge in [0.25, 0.3) is 0 Å². The van der Waals surface area contributed by atoms with Crippen LogP contribution in [0.3, 0.4) is 0 Å². The van der Waals surface area contributed by atoms with Crippen molar-refractivity contribution in [2.24, 2.45) is 0 Å². The van der Waals surface area contributed by atoms with E-state index in [0.717, 1.165) is 16.5 Å². The van der Waals surface area contributed by atoms with Crippen molar-refractivity contribution in [2.45, 2.75) is 6.42 Å². The fourth-order valence-electron chi connectivity index (χ4n) is 3.53. The number of amides is 3. The van der Waals surface area contributed by atoms with Crippen molar-refractivity contribution in [3.63, 3.8) is 0 Å². The minimum Gasteiger partial charge on any atom is -0.361 e. The van der Waals surface area contributed by atoms with Gasteiger partial charge in [-0.3, -0.25) is 9.69 Å². The molecule has 3 amide bonds. The predicted octanol–water partition coefficient (Wildman–Crippen LogP) is 2.91. The van der Waals surface area contributed by atoms with Gasteiger partial charge in [-0.1, -0.05) is 30.3 Å². The molecule has 1 fully saturated rings. The molecule has 0 aliphatic carbocycles. The first-order chi connectivity index (χ1) is 13.6. The molecule has 144 valence electrons. The molecule has 1 aliphatic heterocycles. The van der Waals surface area contributed by atoms with E-state index < -0.39 is 5.82 Å². The van der Waals surface area contributed by atoms with Gasteiger partial charge < -0.3 is 15.2 Å². The van der Waals surface area contributed by atoms with Gasteiger partial charge in [-0.05, 0) is 30.2 Å². The number of anilines is 1. The summed E-state index contributed by atoms with van der Waals surface area (Å²) in [5.41, 5.74) is 2.45. The van der Waals surface area contributed by atoms with Crippen LogP contribution in [0.15, 0.2) is 54.7 Å². The van der Waals surface area contributed by atoms with Crippen LogP contribution < -0.4 is 10.2 Å². The van der Waals surface area contributed by atoms with Crippen LogP contribution in [0, 0.1) is 5.82 Å². The van der Waals surface area contributed by atoms with E-state index in [1.54, 1.807) is 18.2 Å². The molecule has 1 aromatic heterocycles. The smallest absolute Gasteiger partial charge is 0.325 e. The van der Waals surface area contributed by atoms with Crippen molar-refractivity contribution >= 4 is 28.5 Å². The zero-order chi connectivity index (χ0) is 19.5. The number of aromatic amines is 1. The molecule has 0 saturated carbocycles. The fraction of sp³-hybridized carbons (Fsp3) is 0.238. The van der Waals surface area contributed by atoms with Crippen LogP contribution in [0.1, 0.15) is 5.56 Å². The van der Waals surface area contributed by atoms with Crippen molar-refractivity contribution in [3.8, 4) is 0 Å². The molecule has 1 aliphatic rings. The van der Waals surface area contributed by atoms with E-state index in [2.05, 4.69) is 10.3 Å². The molecule has 0 spiro atoms. The summed E-state index contributed by atoms with van der Waals surface area (Å²) in [6.45, 7) is 1.21. The highest BCUT2D eigenvalue weighted by Gasteiger charge is 2.32. The van der Waals surface area contributed by atoms with Crippen LogP contribution in [-0.4, -0.2) is 48.0 Å².